The average molecular weight is 266 g/mol. The molecule has 0 bridgehead atoms. The van der Waals surface area contributed by atoms with E-state index in [4.69, 9.17) is 0 Å². The lowest BCUT2D eigenvalue weighted by Gasteiger charge is -2.25. The molecule has 0 amide bonds. The fraction of sp³-hybridized carbons (Fsp3) is 0.412. The second-order valence-corrected chi connectivity index (χ2v) is 6.34. The molecule has 1 aromatic carbocycles. The third kappa shape index (κ3) is 1.84. The summed E-state index contributed by atoms with van der Waals surface area (Å²) in [6, 6.07) is 7.71. The molecule has 1 heterocycles. The van der Waals surface area contributed by atoms with E-state index >= 15 is 0 Å². The SMILES string of the molecule is CC1(C)CCCC1C(=O)c1c[nH]c2cccc(C#N)c12. The number of nitrogens with one attached hydrogen (secondary N) is 1. The molecule has 3 heteroatoms. The van der Waals surface area contributed by atoms with Gasteiger partial charge in [0, 0.05) is 28.6 Å². The van der Waals surface area contributed by atoms with Gasteiger partial charge in [-0.2, -0.15) is 5.26 Å². The lowest BCUT2D eigenvalue weighted by Crippen LogP contribution is -2.25. The summed E-state index contributed by atoms with van der Waals surface area (Å²) in [5.41, 5.74) is 2.17. The molecule has 1 aromatic heterocycles. The molecule has 0 radical (unpaired) electrons. The maximum absolute atomic E-state index is 12.9. The maximum atomic E-state index is 12.9. The van der Waals surface area contributed by atoms with E-state index in [2.05, 4.69) is 24.9 Å². The van der Waals surface area contributed by atoms with Gasteiger partial charge in [-0.05, 0) is 30.4 Å². The largest absolute Gasteiger partial charge is 0.360 e. The number of fused-ring (bicyclic) bond motifs is 1. The van der Waals surface area contributed by atoms with E-state index in [-0.39, 0.29) is 17.1 Å². The Hall–Kier alpha value is -2.08. The van der Waals surface area contributed by atoms with Gasteiger partial charge < -0.3 is 4.98 Å². The molecule has 0 spiro atoms. The number of benzene rings is 1. The maximum Gasteiger partial charge on any atom is 0.168 e. The first-order valence-electron chi connectivity index (χ1n) is 7.09. The van der Waals surface area contributed by atoms with Crippen LogP contribution >= 0.6 is 0 Å². The quantitative estimate of drug-likeness (QED) is 0.834. The summed E-state index contributed by atoms with van der Waals surface area (Å²) < 4.78 is 0. The van der Waals surface area contributed by atoms with E-state index in [1.165, 1.54) is 0 Å². The number of carbonyl (C=O) groups excluding carboxylic acids is 1. The van der Waals surface area contributed by atoms with Crippen molar-refractivity contribution in [3.63, 3.8) is 0 Å². The fourth-order valence-electron chi connectivity index (χ4n) is 3.47. The zero-order valence-electron chi connectivity index (χ0n) is 11.9. The van der Waals surface area contributed by atoms with Crippen molar-refractivity contribution >= 4 is 16.7 Å². The van der Waals surface area contributed by atoms with Crippen LogP contribution in [0.4, 0.5) is 0 Å². The van der Waals surface area contributed by atoms with E-state index in [1.807, 2.05) is 12.1 Å². The Morgan fingerprint density at radius 2 is 2.25 bits per heavy atom. The molecule has 3 rings (SSSR count). The van der Waals surface area contributed by atoms with E-state index < -0.39 is 0 Å². The molecule has 0 saturated heterocycles. The Morgan fingerprint density at radius 3 is 2.90 bits per heavy atom. The van der Waals surface area contributed by atoms with Crippen molar-refractivity contribution < 1.29 is 4.79 Å². The van der Waals surface area contributed by atoms with Gasteiger partial charge >= 0.3 is 0 Å². The molecule has 1 unspecified atom stereocenters. The zero-order chi connectivity index (χ0) is 14.3. The molecule has 1 atom stereocenters. The van der Waals surface area contributed by atoms with Gasteiger partial charge in [-0.3, -0.25) is 4.79 Å². The second kappa shape index (κ2) is 4.49. The highest BCUT2D eigenvalue weighted by molar-refractivity contribution is 6.10. The van der Waals surface area contributed by atoms with Crippen LogP contribution in [0.15, 0.2) is 24.4 Å². The third-order valence-corrected chi connectivity index (χ3v) is 4.67. The smallest absolute Gasteiger partial charge is 0.168 e. The van der Waals surface area contributed by atoms with E-state index in [1.54, 1.807) is 12.3 Å². The summed E-state index contributed by atoms with van der Waals surface area (Å²) in [6.07, 6.45) is 4.92. The molecule has 1 N–H and O–H groups in total. The first-order chi connectivity index (χ1) is 9.54. The summed E-state index contributed by atoms with van der Waals surface area (Å²) >= 11 is 0. The summed E-state index contributed by atoms with van der Waals surface area (Å²) in [6.45, 7) is 4.34. The number of ketones is 1. The standard InChI is InChI=1S/C17H18N2O/c1-17(2)8-4-6-13(17)16(20)12-10-19-14-7-3-5-11(9-18)15(12)14/h3,5,7,10,13,19H,4,6,8H2,1-2H3. The molecule has 3 nitrogen and oxygen atoms in total. The summed E-state index contributed by atoms with van der Waals surface area (Å²) in [4.78, 5) is 16.0. The summed E-state index contributed by atoms with van der Waals surface area (Å²) in [7, 11) is 0. The van der Waals surface area contributed by atoms with Crippen molar-refractivity contribution in [2.45, 2.75) is 33.1 Å². The lowest BCUT2D eigenvalue weighted by molar-refractivity contribution is 0.0841. The highest BCUT2D eigenvalue weighted by Gasteiger charge is 2.40. The van der Waals surface area contributed by atoms with E-state index in [0.29, 0.717) is 11.1 Å². The Labute approximate surface area is 118 Å². The van der Waals surface area contributed by atoms with Crippen LogP contribution in [-0.4, -0.2) is 10.8 Å². The molecule has 1 aliphatic rings. The zero-order valence-corrected chi connectivity index (χ0v) is 11.9. The van der Waals surface area contributed by atoms with Gasteiger partial charge in [0.2, 0.25) is 0 Å². The first-order valence-corrected chi connectivity index (χ1v) is 7.09. The highest BCUT2D eigenvalue weighted by Crippen LogP contribution is 2.44. The lowest BCUT2D eigenvalue weighted by atomic mass is 9.77. The van der Waals surface area contributed by atoms with Crippen LogP contribution in [-0.2, 0) is 0 Å². The van der Waals surface area contributed by atoms with E-state index in [0.717, 1.165) is 30.2 Å². The van der Waals surface area contributed by atoms with Crippen LogP contribution in [0.1, 0.15) is 49.0 Å². The Morgan fingerprint density at radius 1 is 1.45 bits per heavy atom. The predicted molar refractivity (Wildman–Crippen MR) is 78.5 cm³/mol. The second-order valence-electron chi connectivity index (χ2n) is 6.34. The molecule has 102 valence electrons. The molecule has 20 heavy (non-hydrogen) atoms. The van der Waals surface area contributed by atoms with Gasteiger partial charge in [0.1, 0.15) is 0 Å². The number of Topliss-reactive ketones (excluding diaryl/α,β-unsaturated/α-hetero) is 1. The number of H-pyrrole nitrogens is 1. The van der Waals surface area contributed by atoms with Crippen molar-refractivity contribution in [1.82, 2.24) is 4.98 Å². The molecule has 0 aliphatic heterocycles. The monoisotopic (exact) mass is 266 g/mol. The minimum absolute atomic E-state index is 0.0578. The highest BCUT2D eigenvalue weighted by atomic mass is 16.1. The molecule has 1 aliphatic carbocycles. The topological polar surface area (TPSA) is 56.6 Å². The van der Waals surface area contributed by atoms with Crippen molar-refractivity contribution in [3.05, 3.63) is 35.5 Å². The first kappa shape index (κ1) is 12.9. The van der Waals surface area contributed by atoms with E-state index in [9.17, 15) is 10.1 Å². The predicted octanol–water partition coefficient (Wildman–Crippen LogP) is 4.05. The Bertz CT molecular complexity index is 718. The van der Waals surface area contributed by atoms with Crippen LogP contribution in [0.25, 0.3) is 10.9 Å². The van der Waals surface area contributed by atoms with Gasteiger partial charge in [-0.1, -0.05) is 26.3 Å². The minimum Gasteiger partial charge on any atom is -0.360 e. The number of aromatic amines is 1. The summed E-state index contributed by atoms with van der Waals surface area (Å²) in [5.74, 6) is 0.245. The van der Waals surface area contributed by atoms with Crippen LogP contribution in [0.3, 0.4) is 0 Å². The number of nitrogens with zero attached hydrogens (tertiary/aromatic N) is 1. The van der Waals surface area contributed by atoms with Gasteiger partial charge in [0.25, 0.3) is 0 Å². The Balaban J connectivity index is 2.12. The molecular formula is C17H18N2O. The van der Waals surface area contributed by atoms with Crippen molar-refractivity contribution in [1.29, 1.82) is 5.26 Å². The van der Waals surface area contributed by atoms with Gasteiger partial charge in [-0.25, -0.2) is 0 Å². The average Bonchev–Trinajstić information content (AvgIpc) is 3.00. The molecule has 2 aromatic rings. The molecule has 1 saturated carbocycles. The number of rotatable bonds is 2. The number of aromatic nitrogens is 1. The van der Waals surface area contributed by atoms with Crippen molar-refractivity contribution in [2.24, 2.45) is 11.3 Å². The van der Waals surface area contributed by atoms with Gasteiger partial charge in [0.05, 0.1) is 11.6 Å². The number of hydrogen-bond acceptors (Lipinski definition) is 2. The number of nitriles is 1. The van der Waals surface area contributed by atoms with Gasteiger partial charge in [0.15, 0.2) is 5.78 Å². The van der Waals surface area contributed by atoms with Crippen LogP contribution < -0.4 is 0 Å². The Kier molecular flexibility index (Phi) is 2.90. The van der Waals surface area contributed by atoms with Crippen molar-refractivity contribution in [2.75, 3.05) is 0 Å². The van der Waals surface area contributed by atoms with Crippen LogP contribution in [0.5, 0.6) is 0 Å². The molecule has 1 fully saturated rings. The van der Waals surface area contributed by atoms with Crippen LogP contribution in [0, 0.1) is 22.7 Å². The van der Waals surface area contributed by atoms with Gasteiger partial charge in [-0.15, -0.1) is 0 Å². The summed E-state index contributed by atoms with van der Waals surface area (Å²) in [5, 5.41) is 10.0. The normalized spacial score (nSPS) is 20.9. The van der Waals surface area contributed by atoms with Crippen molar-refractivity contribution in [3.8, 4) is 6.07 Å². The number of hydrogen-bond donors (Lipinski definition) is 1. The number of carbonyl (C=O) groups is 1. The van der Waals surface area contributed by atoms with Crippen LogP contribution in [0.2, 0.25) is 0 Å². The third-order valence-electron chi connectivity index (χ3n) is 4.67. The minimum atomic E-state index is 0.0578. The fourth-order valence-corrected chi connectivity index (χ4v) is 3.47. The molecular weight excluding hydrogens is 248 g/mol.